The number of hydrogen-bond acceptors (Lipinski definition) is 3. The molecular formula is C13H14FN3. The minimum atomic E-state index is -0.321. The Labute approximate surface area is 99.5 Å². The van der Waals surface area contributed by atoms with E-state index in [-0.39, 0.29) is 5.82 Å². The van der Waals surface area contributed by atoms with Gasteiger partial charge in [0.05, 0.1) is 11.4 Å². The standard InChI is InChI=1S/C13H14FN3/c1-8-3-5-10(14)12(7-8)17-13-11(15)6-4-9(2)16-13/h3-7H,15H2,1-2H3,(H,16,17). The molecule has 2 rings (SSSR count). The average molecular weight is 231 g/mol. The van der Waals surface area contributed by atoms with Gasteiger partial charge in [0.25, 0.3) is 0 Å². The summed E-state index contributed by atoms with van der Waals surface area (Å²) in [6, 6.07) is 8.42. The first-order valence-electron chi connectivity index (χ1n) is 5.32. The molecule has 0 aliphatic carbocycles. The zero-order chi connectivity index (χ0) is 12.4. The van der Waals surface area contributed by atoms with Gasteiger partial charge in [-0.3, -0.25) is 0 Å². The number of pyridine rings is 1. The average Bonchev–Trinajstić information content (AvgIpc) is 2.28. The van der Waals surface area contributed by atoms with Crippen LogP contribution < -0.4 is 11.1 Å². The number of benzene rings is 1. The smallest absolute Gasteiger partial charge is 0.153 e. The summed E-state index contributed by atoms with van der Waals surface area (Å²) in [7, 11) is 0. The van der Waals surface area contributed by atoms with Gasteiger partial charge >= 0.3 is 0 Å². The summed E-state index contributed by atoms with van der Waals surface area (Å²) in [4.78, 5) is 4.24. The van der Waals surface area contributed by atoms with Crippen LogP contribution in [0, 0.1) is 19.7 Å². The van der Waals surface area contributed by atoms with E-state index in [0.29, 0.717) is 17.2 Å². The van der Waals surface area contributed by atoms with Crippen LogP contribution in [-0.4, -0.2) is 4.98 Å². The highest BCUT2D eigenvalue weighted by atomic mass is 19.1. The fourth-order valence-corrected chi connectivity index (χ4v) is 1.53. The maximum absolute atomic E-state index is 13.6. The number of hydrogen-bond donors (Lipinski definition) is 2. The molecule has 0 saturated heterocycles. The maximum atomic E-state index is 13.6. The van der Waals surface area contributed by atoms with Crippen LogP contribution in [0.25, 0.3) is 0 Å². The first-order valence-corrected chi connectivity index (χ1v) is 5.32. The van der Waals surface area contributed by atoms with E-state index in [2.05, 4.69) is 10.3 Å². The lowest BCUT2D eigenvalue weighted by molar-refractivity contribution is 0.631. The highest BCUT2D eigenvalue weighted by Gasteiger charge is 2.06. The molecule has 0 saturated carbocycles. The molecule has 1 heterocycles. The van der Waals surface area contributed by atoms with Gasteiger partial charge in [-0.2, -0.15) is 0 Å². The molecule has 1 aromatic heterocycles. The molecule has 2 aromatic rings. The van der Waals surface area contributed by atoms with Gasteiger partial charge in [-0.1, -0.05) is 6.07 Å². The van der Waals surface area contributed by atoms with Crippen LogP contribution in [0.4, 0.5) is 21.6 Å². The van der Waals surface area contributed by atoms with E-state index >= 15 is 0 Å². The molecule has 0 fully saturated rings. The van der Waals surface area contributed by atoms with Crippen LogP contribution in [0.2, 0.25) is 0 Å². The third kappa shape index (κ3) is 2.53. The molecule has 0 aliphatic rings. The second kappa shape index (κ2) is 4.41. The predicted octanol–water partition coefficient (Wildman–Crippen LogP) is 3.16. The Morgan fingerprint density at radius 2 is 1.94 bits per heavy atom. The fourth-order valence-electron chi connectivity index (χ4n) is 1.53. The highest BCUT2D eigenvalue weighted by molar-refractivity contribution is 5.69. The first kappa shape index (κ1) is 11.4. The SMILES string of the molecule is Cc1ccc(F)c(Nc2nc(C)ccc2N)c1. The number of nitrogen functional groups attached to an aromatic ring is 1. The van der Waals surface area contributed by atoms with Crippen molar-refractivity contribution in [1.29, 1.82) is 0 Å². The summed E-state index contributed by atoms with van der Waals surface area (Å²) in [6.07, 6.45) is 0. The van der Waals surface area contributed by atoms with Crippen LogP contribution in [-0.2, 0) is 0 Å². The normalized spacial score (nSPS) is 10.3. The number of aromatic nitrogens is 1. The number of nitrogens with two attached hydrogens (primary N) is 1. The molecule has 0 atom stereocenters. The van der Waals surface area contributed by atoms with Crippen molar-refractivity contribution in [2.24, 2.45) is 0 Å². The predicted molar refractivity (Wildman–Crippen MR) is 67.8 cm³/mol. The maximum Gasteiger partial charge on any atom is 0.153 e. The van der Waals surface area contributed by atoms with Crippen molar-refractivity contribution in [1.82, 2.24) is 4.98 Å². The molecule has 0 spiro atoms. The van der Waals surface area contributed by atoms with Gasteiger partial charge in [0.2, 0.25) is 0 Å². The summed E-state index contributed by atoms with van der Waals surface area (Å²) < 4.78 is 13.6. The summed E-state index contributed by atoms with van der Waals surface area (Å²) in [5.74, 6) is 0.160. The number of rotatable bonds is 2. The van der Waals surface area contributed by atoms with Crippen molar-refractivity contribution in [3.05, 3.63) is 47.4 Å². The lowest BCUT2D eigenvalue weighted by Gasteiger charge is -2.10. The van der Waals surface area contributed by atoms with Gasteiger partial charge in [0, 0.05) is 5.69 Å². The monoisotopic (exact) mass is 231 g/mol. The van der Waals surface area contributed by atoms with Crippen molar-refractivity contribution in [2.45, 2.75) is 13.8 Å². The molecule has 0 amide bonds. The van der Waals surface area contributed by atoms with Crippen LogP contribution in [0.5, 0.6) is 0 Å². The quantitative estimate of drug-likeness (QED) is 0.834. The molecule has 0 radical (unpaired) electrons. The molecule has 88 valence electrons. The number of aryl methyl sites for hydroxylation is 2. The van der Waals surface area contributed by atoms with Crippen LogP contribution in [0.3, 0.4) is 0 Å². The van der Waals surface area contributed by atoms with E-state index < -0.39 is 0 Å². The van der Waals surface area contributed by atoms with Crippen molar-refractivity contribution in [3.8, 4) is 0 Å². The molecule has 4 heteroatoms. The van der Waals surface area contributed by atoms with Gasteiger partial charge in [-0.05, 0) is 43.7 Å². The van der Waals surface area contributed by atoms with Gasteiger partial charge < -0.3 is 11.1 Å². The van der Waals surface area contributed by atoms with Gasteiger partial charge in [0.1, 0.15) is 5.82 Å². The molecule has 0 bridgehead atoms. The second-order valence-electron chi connectivity index (χ2n) is 4.00. The lowest BCUT2D eigenvalue weighted by Crippen LogP contribution is -2.01. The zero-order valence-corrected chi connectivity index (χ0v) is 9.79. The Kier molecular flexibility index (Phi) is 2.95. The fraction of sp³-hybridized carbons (Fsp3) is 0.154. The van der Waals surface area contributed by atoms with Crippen molar-refractivity contribution < 1.29 is 4.39 Å². The Balaban J connectivity index is 2.37. The third-order valence-corrected chi connectivity index (χ3v) is 2.44. The largest absolute Gasteiger partial charge is 0.396 e. The molecule has 1 aromatic carbocycles. The van der Waals surface area contributed by atoms with Crippen molar-refractivity contribution in [2.75, 3.05) is 11.1 Å². The number of halogens is 1. The first-order chi connectivity index (χ1) is 8.06. The molecule has 3 nitrogen and oxygen atoms in total. The Morgan fingerprint density at radius 1 is 1.18 bits per heavy atom. The van der Waals surface area contributed by atoms with Crippen LogP contribution >= 0.6 is 0 Å². The van der Waals surface area contributed by atoms with Gasteiger partial charge in [-0.15, -0.1) is 0 Å². The van der Waals surface area contributed by atoms with E-state index in [4.69, 9.17) is 5.73 Å². The summed E-state index contributed by atoms with van der Waals surface area (Å²) in [5.41, 5.74) is 8.46. The van der Waals surface area contributed by atoms with E-state index in [1.807, 2.05) is 19.9 Å². The Morgan fingerprint density at radius 3 is 2.71 bits per heavy atom. The Hall–Kier alpha value is -2.10. The zero-order valence-electron chi connectivity index (χ0n) is 9.79. The second-order valence-corrected chi connectivity index (χ2v) is 4.00. The van der Waals surface area contributed by atoms with Crippen molar-refractivity contribution in [3.63, 3.8) is 0 Å². The van der Waals surface area contributed by atoms with Crippen LogP contribution in [0.15, 0.2) is 30.3 Å². The lowest BCUT2D eigenvalue weighted by atomic mass is 10.2. The third-order valence-electron chi connectivity index (χ3n) is 2.44. The van der Waals surface area contributed by atoms with Crippen LogP contribution in [0.1, 0.15) is 11.3 Å². The van der Waals surface area contributed by atoms with E-state index in [9.17, 15) is 4.39 Å². The van der Waals surface area contributed by atoms with Gasteiger partial charge in [0.15, 0.2) is 5.82 Å². The number of anilines is 3. The van der Waals surface area contributed by atoms with Gasteiger partial charge in [-0.25, -0.2) is 9.37 Å². The molecule has 0 unspecified atom stereocenters. The summed E-state index contributed by atoms with van der Waals surface area (Å²) in [6.45, 7) is 3.76. The topological polar surface area (TPSA) is 50.9 Å². The highest BCUT2D eigenvalue weighted by Crippen LogP contribution is 2.23. The van der Waals surface area contributed by atoms with Crippen molar-refractivity contribution >= 4 is 17.2 Å². The molecule has 3 N–H and O–H groups in total. The minimum Gasteiger partial charge on any atom is -0.396 e. The minimum absolute atomic E-state index is 0.321. The number of nitrogens with zero attached hydrogens (tertiary/aromatic N) is 1. The number of nitrogens with one attached hydrogen (secondary N) is 1. The van der Waals surface area contributed by atoms with E-state index in [1.54, 1.807) is 18.2 Å². The molecule has 17 heavy (non-hydrogen) atoms. The van der Waals surface area contributed by atoms with E-state index in [0.717, 1.165) is 11.3 Å². The summed E-state index contributed by atoms with van der Waals surface area (Å²) >= 11 is 0. The molecule has 0 aliphatic heterocycles. The molecular weight excluding hydrogens is 217 g/mol. The Bertz CT molecular complexity index is 503. The summed E-state index contributed by atoms with van der Waals surface area (Å²) in [5, 5.41) is 2.91. The van der Waals surface area contributed by atoms with E-state index in [1.165, 1.54) is 6.07 Å².